The van der Waals surface area contributed by atoms with Gasteiger partial charge in [-0.15, -0.1) is 0 Å². The number of nitrogens with one attached hydrogen (secondary N) is 1. The molecule has 0 fully saturated rings. The van der Waals surface area contributed by atoms with Gasteiger partial charge in [-0.3, -0.25) is 9.59 Å². The lowest BCUT2D eigenvalue weighted by Crippen LogP contribution is -2.47. The number of hydrogen-bond donors (Lipinski definition) is 1. The third kappa shape index (κ3) is 4.38. The molecule has 2 heterocycles. The highest BCUT2D eigenvalue weighted by Crippen LogP contribution is 2.44. The maximum Gasteiger partial charge on any atom is 0.255 e. The zero-order valence-corrected chi connectivity index (χ0v) is 22.4. The van der Waals surface area contributed by atoms with Gasteiger partial charge >= 0.3 is 0 Å². The largest absolute Gasteiger partial charge is 0.497 e. The maximum absolute atomic E-state index is 14.0. The normalized spacial score (nSPS) is 15.6. The van der Waals surface area contributed by atoms with Gasteiger partial charge in [0.05, 0.1) is 25.9 Å². The van der Waals surface area contributed by atoms with Crippen LogP contribution in [0.2, 0.25) is 0 Å². The molecule has 2 amide bonds. The molecule has 196 valence electrons. The topological polar surface area (TPSA) is 72.8 Å². The Balaban J connectivity index is 1.62. The van der Waals surface area contributed by atoms with E-state index in [0.29, 0.717) is 29.2 Å². The van der Waals surface area contributed by atoms with E-state index < -0.39 is 12.1 Å². The second-order valence-corrected chi connectivity index (χ2v) is 10.1. The van der Waals surface area contributed by atoms with E-state index in [1.54, 1.807) is 37.3 Å². The van der Waals surface area contributed by atoms with Crippen molar-refractivity contribution in [2.45, 2.75) is 32.4 Å². The molecule has 3 aromatic carbocycles. The molecule has 0 saturated heterocycles. The molecule has 1 aromatic heterocycles. The van der Waals surface area contributed by atoms with E-state index in [4.69, 9.17) is 9.47 Å². The number of carbonyl (C=O) groups excluding carboxylic acids is 2. The predicted molar refractivity (Wildman–Crippen MR) is 149 cm³/mol. The number of aryl methyl sites for hydroxylation is 1. The van der Waals surface area contributed by atoms with Gasteiger partial charge in [0.25, 0.3) is 5.91 Å². The molecular formula is C31H33N3O4. The molecule has 1 aliphatic heterocycles. The monoisotopic (exact) mass is 511 g/mol. The summed E-state index contributed by atoms with van der Waals surface area (Å²) in [6.45, 7) is 4.13. The Morgan fingerprint density at radius 3 is 2.45 bits per heavy atom. The average Bonchev–Trinajstić information content (AvgIpc) is 3.40. The van der Waals surface area contributed by atoms with Crippen LogP contribution in [0.3, 0.4) is 0 Å². The van der Waals surface area contributed by atoms with Crippen molar-refractivity contribution in [2.24, 2.45) is 13.0 Å². The molecule has 4 aromatic rings. The number of nitrogens with zero attached hydrogens (tertiary/aromatic N) is 2. The molecular weight excluding hydrogens is 478 g/mol. The summed E-state index contributed by atoms with van der Waals surface area (Å²) < 4.78 is 12.9. The summed E-state index contributed by atoms with van der Waals surface area (Å²) in [5.74, 6) is 0.875. The van der Waals surface area contributed by atoms with E-state index >= 15 is 0 Å². The summed E-state index contributed by atoms with van der Waals surface area (Å²) in [4.78, 5) is 29.8. The number of aromatic nitrogens is 1. The van der Waals surface area contributed by atoms with Crippen molar-refractivity contribution in [1.29, 1.82) is 0 Å². The highest BCUT2D eigenvalue weighted by molar-refractivity contribution is 6.05. The van der Waals surface area contributed by atoms with Crippen LogP contribution in [0.15, 0.2) is 72.9 Å². The summed E-state index contributed by atoms with van der Waals surface area (Å²) in [6, 6.07) is 20.0. The van der Waals surface area contributed by atoms with E-state index in [9.17, 15) is 9.59 Å². The number of fused-ring (bicyclic) bond motifs is 2. The Kier molecular flexibility index (Phi) is 6.85. The van der Waals surface area contributed by atoms with Gasteiger partial charge in [0, 0.05) is 41.3 Å². The van der Waals surface area contributed by atoms with Gasteiger partial charge < -0.3 is 24.3 Å². The number of para-hydroxylation sites is 1. The molecule has 0 bridgehead atoms. The van der Waals surface area contributed by atoms with Gasteiger partial charge in [0.15, 0.2) is 0 Å². The molecule has 0 saturated carbocycles. The SMILES string of the molecule is COc1ccc(OC)c(NC(=O)C(CC(C)C)N2C(=O)c3ccccc3C2c2cn(C)c3ccccc23)c1. The Morgan fingerprint density at radius 1 is 0.974 bits per heavy atom. The highest BCUT2D eigenvalue weighted by atomic mass is 16.5. The second-order valence-electron chi connectivity index (χ2n) is 10.1. The van der Waals surface area contributed by atoms with Crippen molar-refractivity contribution in [3.8, 4) is 11.5 Å². The molecule has 1 N–H and O–H groups in total. The molecule has 38 heavy (non-hydrogen) atoms. The van der Waals surface area contributed by atoms with E-state index in [1.165, 1.54) is 0 Å². The lowest BCUT2D eigenvalue weighted by molar-refractivity contribution is -0.121. The van der Waals surface area contributed by atoms with E-state index in [0.717, 1.165) is 22.0 Å². The van der Waals surface area contributed by atoms with Gasteiger partial charge in [0.2, 0.25) is 5.91 Å². The van der Waals surface area contributed by atoms with E-state index in [1.807, 2.05) is 43.4 Å². The summed E-state index contributed by atoms with van der Waals surface area (Å²) in [7, 11) is 5.14. The van der Waals surface area contributed by atoms with Gasteiger partial charge in [0.1, 0.15) is 17.5 Å². The van der Waals surface area contributed by atoms with Gasteiger partial charge in [-0.2, -0.15) is 0 Å². The number of rotatable bonds is 8. The molecule has 0 spiro atoms. The third-order valence-electron chi connectivity index (χ3n) is 7.22. The molecule has 1 aliphatic rings. The van der Waals surface area contributed by atoms with Crippen LogP contribution in [0.5, 0.6) is 11.5 Å². The number of methoxy groups -OCH3 is 2. The Bertz CT molecular complexity index is 1510. The summed E-state index contributed by atoms with van der Waals surface area (Å²) >= 11 is 0. The molecule has 2 atom stereocenters. The number of benzene rings is 3. The van der Waals surface area contributed by atoms with Crippen molar-refractivity contribution in [2.75, 3.05) is 19.5 Å². The zero-order valence-electron chi connectivity index (χ0n) is 22.4. The van der Waals surface area contributed by atoms with Crippen LogP contribution in [0.4, 0.5) is 5.69 Å². The molecule has 5 rings (SSSR count). The van der Waals surface area contributed by atoms with Crippen molar-refractivity contribution in [3.63, 3.8) is 0 Å². The van der Waals surface area contributed by atoms with Crippen LogP contribution in [-0.2, 0) is 11.8 Å². The van der Waals surface area contributed by atoms with Crippen molar-refractivity contribution in [3.05, 3.63) is 89.6 Å². The van der Waals surface area contributed by atoms with Gasteiger partial charge in [-0.05, 0) is 42.2 Å². The third-order valence-corrected chi connectivity index (χ3v) is 7.22. The van der Waals surface area contributed by atoms with E-state index in [2.05, 4.69) is 42.1 Å². The number of carbonyl (C=O) groups is 2. The first kappa shape index (κ1) is 25.4. The van der Waals surface area contributed by atoms with Crippen molar-refractivity contribution in [1.82, 2.24) is 9.47 Å². The van der Waals surface area contributed by atoms with Crippen LogP contribution in [0, 0.1) is 5.92 Å². The molecule has 7 nitrogen and oxygen atoms in total. The quantitative estimate of drug-likeness (QED) is 0.325. The molecule has 0 radical (unpaired) electrons. The fourth-order valence-electron chi connectivity index (χ4n) is 5.49. The summed E-state index contributed by atoms with van der Waals surface area (Å²) in [6.07, 6.45) is 2.58. The highest BCUT2D eigenvalue weighted by Gasteiger charge is 2.45. The fourth-order valence-corrected chi connectivity index (χ4v) is 5.49. The van der Waals surface area contributed by atoms with Crippen molar-refractivity contribution < 1.29 is 19.1 Å². The van der Waals surface area contributed by atoms with Crippen LogP contribution < -0.4 is 14.8 Å². The fraction of sp³-hybridized carbons (Fsp3) is 0.290. The molecule has 2 unspecified atom stereocenters. The minimum Gasteiger partial charge on any atom is -0.497 e. The first-order chi connectivity index (χ1) is 18.3. The van der Waals surface area contributed by atoms with Crippen LogP contribution in [0.25, 0.3) is 10.9 Å². The van der Waals surface area contributed by atoms with Crippen LogP contribution in [-0.4, -0.2) is 41.5 Å². The Labute approximate surface area is 223 Å². The Hall–Kier alpha value is -4.26. The van der Waals surface area contributed by atoms with E-state index in [-0.39, 0.29) is 17.7 Å². The average molecular weight is 512 g/mol. The smallest absolute Gasteiger partial charge is 0.255 e. The lowest BCUT2D eigenvalue weighted by Gasteiger charge is -2.34. The second kappa shape index (κ2) is 10.2. The lowest BCUT2D eigenvalue weighted by atomic mass is 9.95. The van der Waals surface area contributed by atoms with Gasteiger partial charge in [-0.1, -0.05) is 50.2 Å². The molecule has 0 aliphatic carbocycles. The maximum atomic E-state index is 14.0. The zero-order chi connectivity index (χ0) is 27.0. The summed E-state index contributed by atoms with van der Waals surface area (Å²) in [5.41, 5.74) is 4.11. The first-order valence-electron chi connectivity index (χ1n) is 12.8. The predicted octanol–water partition coefficient (Wildman–Crippen LogP) is 5.79. The Morgan fingerprint density at radius 2 is 1.71 bits per heavy atom. The number of hydrogen-bond acceptors (Lipinski definition) is 4. The van der Waals surface area contributed by atoms with Gasteiger partial charge in [-0.25, -0.2) is 0 Å². The van der Waals surface area contributed by atoms with Crippen LogP contribution >= 0.6 is 0 Å². The first-order valence-corrected chi connectivity index (χ1v) is 12.8. The minimum absolute atomic E-state index is 0.142. The summed E-state index contributed by atoms with van der Waals surface area (Å²) in [5, 5.41) is 4.10. The minimum atomic E-state index is -0.713. The standard InChI is InChI=1S/C31H33N3O4/c1-19(2)16-27(30(35)32-25-17-20(37-4)14-15-28(25)38-5)34-29(22-11-6-7-12-23(22)31(34)36)24-18-33(3)26-13-9-8-10-21(24)26/h6-15,17-19,27,29H,16H2,1-5H3,(H,32,35). The van der Waals surface area contributed by atoms with Crippen molar-refractivity contribution >= 4 is 28.4 Å². The van der Waals surface area contributed by atoms with Crippen LogP contribution in [0.1, 0.15) is 47.8 Å². The number of ether oxygens (including phenoxy) is 2. The molecule has 7 heteroatoms. The number of anilines is 1. The number of amides is 2.